The number of fused-ring (bicyclic) bond motifs is 1. The van der Waals surface area contributed by atoms with Gasteiger partial charge in [0.25, 0.3) is 5.56 Å². The summed E-state index contributed by atoms with van der Waals surface area (Å²) in [5, 5.41) is 10.5. The second-order valence-corrected chi connectivity index (χ2v) is 9.18. The van der Waals surface area contributed by atoms with Crippen LogP contribution in [-0.2, 0) is 12.0 Å². The summed E-state index contributed by atoms with van der Waals surface area (Å²) in [4.78, 5) is 21.5. The van der Waals surface area contributed by atoms with Crippen molar-refractivity contribution in [1.82, 2.24) is 19.7 Å². The molecule has 0 saturated carbocycles. The van der Waals surface area contributed by atoms with Crippen molar-refractivity contribution in [2.45, 2.75) is 45.7 Å². The Morgan fingerprint density at radius 3 is 2.62 bits per heavy atom. The standard InChI is InChI=1S/C22H25N5OS/c1-14-10-11-29-18(14)17(12-15-8-6-5-7-9-15)24-21-25-19-16(20(28)26-21)13-23-27(19)22(2,3)4/h5-11,13,17H,12H2,1-4H3,(H2,24,25,26,28). The summed E-state index contributed by atoms with van der Waals surface area (Å²) in [5.74, 6) is 0.460. The summed E-state index contributed by atoms with van der Waals surface area (Å²) in [5.41, 5.74) is 2.58. The molecule has 4 aromatic rings. The van der Waals surface area contributed by atoms with Crippen LogP contribution in [0.15, 0.2) is 52.8 Å². The van der Waals surface area contributed by atoms with Crippen LogP contribution >= 0.6 is 11.3 Å². The van der Waals surface area contributed by atoms with E-state index in [0.29, 0.717) is 17.0 Å². The number of nitrogens with zero attached hydrogens (tertiary/aromatic N) is 3. The Labute approximate surface area is 173 Å². The van der Waals surface area contributed by atoms with Crippen molar-refractivity contribution in [3.63, 3.8) is 0 Å². The third-order valence-electron chi connectivity index (χ3n) is 4.89. The minimum atomic E-state index is -0.270. The highest BCUT2D eigenvalue weighted by molar-refractivity contribution is 7.10. The number of anilines is 1. The van der Waals surface area contributed by atoms with Crippen LogP contribution in [0.25, 0.3) is 11.0 Å². The van der Waals surface area contributed by atoms with Gasteiger partial charge in [-0.25, -0.2) is 4.68 Å². The minimum absolute atomic E-state index is 0.00371. The first-order valence-corrected chi connectivity index (χ1v) is 10.5. The average Bonchev–Trinajstić information content (AvgIpc) is 3.28. The lowest BCUT2D eigenvalue weighted by atomic mass is 10.0. The van der Waals surface area contributed by atoms with E-state index in [4.69, 9.17) is 4.98 Å². The SMILES string of the molecule is Cc1ccsc1C(Cc1ccccc1)Nc1nc2c(cnn2C(C)(C)C)c(=O)[nH]1. The van der Waals surface area contributed by atoms with Gasteiger partial charge in [-0.3, -0.25) is 9.78 Å². The third-order valence-corrected chi connectivity index (χ3v) is 6.02. The molecule has 1 unspecified atom stereocenters. The third kappa shape index (κ3) is 3.96. The zero-order valence-corrected chi connectivity index (χ0v) is 17.9. The lowest BCUT2D eigenvalue weighted by Crippen LogP contribution is -2.25. The number of thiophene rings is 1. The molecule has 0 radical (unpaired) electrons. The van der Waals surface area contributed by atoms with E-state index in [0.717, 1.165) is 6.42 Å². The highest BCUT2D eigenvalue weighted by Crippen LogP contribution is 2.29. The Kier molecular flexibility index (Phi) is 5.00. The molecule has 2 N–H and O–H groups in total. The Bertz CT molecular complexity index is 1180. The van der Waals surface area contributed by atoms with E-state index in [9.17, 15) is 4.79 Å². The number of rotatable bonds is 5. The van der Waals surface area contributed by atoms with Crippen molar-refractivity contribution < 1.29 is 0 Å². The Morgan fingerprint density at radius 1 is 1.21 bits per heavy atom. The van der Waals surface area contributed by atoms with Crippen molar-refractivity contribution in [3.8, 4) is 0 Å². The maximum absolute atomic E-state index is 12.6. The molecule has 0 fully saturated rings. The number of H-pyrrole nitrogens is 1. The van der Waals surface area contributed by atoms with E-state index < -0.39 is 0 Å². The van der Waals surface area contributed by atoms with Gasteiger partial charge >= 0.3 is 0 Å². The van der Waals surface area contributed by atoms with Crippen molar-refractivity contribution in [3.05, 3.63) is 74.3 Å². The van der Waals surface area contributed by atoms with Gasteiger partial charge in [-0.05, 0) is 56.7 Å². The maximum Gasteiger partial charge on any atom is 0.263 e. The first kappa shape index (κ1) is 19.4. The molecule has 7 heteroatoms. The maximum atomic E-state index is 12.6. The van der Waals surface area contributed by atoms with E-state index in [1.807, 2.05) is 39.0 Å². The fraction of sp³-hybridized carbons (Fsp3) is 0.318. The van der Waals surface area contributed by atoms with Gasteiger partial charge in [0.2, 0.25) is 5.95 Å². The molecule has 29 heavy (non-hydrogen) atoms. The van der Waals surface area contributed by atoms with E-state index >= 15 is 0 Å². The Morgan fingerprint density at radius 2 is 1.97 bits per heavy atom. The monoisotopic (exact) mass is 407 g/mol. The van der Waals surface area contributed by atoms with Crippen LogP contribution in [0.5, 0.6) is 0 Å². The number of aryl methyl sites for hydroxylation is 1. The summed E-state index contributed by atoms with van der Waals surface area (Å²) in [7, 11) is 0. The molecule has 0 saturated heterocycles. The molecule has 3 heterocycles. The van der Waals surface area contributed by atoms with Gasteiger partial charge in [0.15, 0.2) is 5.65 Å². The normalized spacial score (nSPS) is 13.0. The first-order chi connectivity index (χ1) is 13.8. The molecular formula is C22H25N5OS. The highest BCUT2D eigenvalue weighted by Gasteiger charge is 2.22. The molecule has 3 aromatic heterocycles. The molecule has 0 spiro atoms. The minimum Gasteiger partial charge on any atom is -0.348 e. The van der Waals surface area contributed by atoms with Gasteiger partial charge in [0.05, 0.1) is 17.8 Å². The van der Waals surface area contributed by atoms with Crippen molar-refractivity contribution >= 4 is 28.3 Å². The molecule has 1 aromatic carbocycles. The molecule has 0 aliphatic heterocycles. The molecule has 1 atom stereocenters. The van der Waals surface area contributed by atoms with Gasteiger partial charge in [0, 0.05) is 4.88 Å². The Hall–Kier alpha value is -2.93. The van der Waals surface area contributed by atoms with Crippen LogP contribution < -0.4 is 10.9 Å². The van der Waals surface area contributed by atoms with Gasteiger partial charge in [-0.1, -0.05) is 30.3 Å². The summed E-state index contributed by atoms with van der Waals surface area (Å²) in [6.07, 6.45) is 2.38. The second kappa shape index (κ2) is 7.48. The predicted octanol–water partition coefficient (Wildman–Crippen LogP) is 4.64. The largest absolute Gasteiger partial charge is 0.348 e. The van der Waals surface area contributed by atoms with E-state index in [1.165, 1.54) is 16.0 Å². The number of benzene rings is 1. The van der Waals surface area contributed by atoms with Crippen molar-refractivity contribution in [2.24, 2.45) is 0 Å². The molecule has 150 valence electrons. The number of nitrogens with one attached hydrogen (secondary N) is 2. The zero-order valence-electron chi connectivity index (χ0n) is 17.1. The molecule has 0 aliphatic rings. The first-order valence-electron chi connectivity index (χ1n) is 9.66. The number of aromatic amines is 1. The lowest BCUT2D eigenvalue weighted by molar-refractivity contribution is 0.366. The van der Waals surface area contributed by atoms with Gasteiger partial charge in [0.1, 0.15) is 5.39 Å². The molecule has 4 rings (SSSR count). The molecule has 0 amide bonds. The van der Waals surface area contributed by atoms with E-state index in [-0.39, 0.29) is 17.1 Å². The number of aromatic nitrogens is 4. The molecule has 6 nitrogen and oxygen atoms in total. The van der Waals surface area contributed by atoms with Gasteiger partial charge in [-0.15, -0.1) is 11.3 Å². The van der Waals surface area contributed by atoms with E-state index in [1.54, 1.807) is 22.2 Å². The summed E-state index contributed by atoms with van der Waals surface area (Å²) < 4.78 is 1.80. The topological polar surface area (TPSA) is 75.6 Å². The van der Waals surface area contributed by atoms with Crippen LogP contribution in [0, 0.1) is 6.92 Å². The quantitative estimate of drug-likeness (QED) is 0.505. The highest BCUT2D eigenvalue weighted by atomic mass is 32.1. The number of hydrogen-bond donors (Lipinski definition) is 2. The fourth-order valence-electron chi connectivity index (χ4n) is 3.44. The predicted molar refractivity (Wildman–Crippen MR) is 119 cm³/mol. The zero-order chi connectivity index (χ0) is 20.6. The van der Waals surface area contributed by atoms with Crippen LogP contribution in [0.3, 0.4) is 0 Å². The number of hydrogen-bond acceptors (Lipinski definition) is 5. The molecule has 0 bridgehead atoms. The van der Waals surface area contributed by atoms with Gasteiger partial charge < -0.3 is 5.32 Å². The van der Waals surface area contributed by atoms with Crippen LogP contribution in [-0.4, -0.2) is 19.7 Å². The van der Waals surface area contributed by atoms with Gasteiger partial charge in [-0.2, -0.15) is 10.1 Å². The lowest BCUT2D eigenvalue weighted by Gasteiger charge is -2.21. The fourth-order valence-corrected chi connectivity index (χ4v) is 4.42. The summed E-state index contributed by atoms with van der Waals surface area (Å²) in [6, 6.07) is 12.5. The molecule has 0 aliphatic carbocycles. The smallest absolute Gasteiger partial charge is 0.263 e. The van der Waals surface area contributed by atoms with Crippen molar-refractivity contribution in [2.75, 3.05) is 5.32 Å². The average molecular weight is 408 g/mol. The van der Waals surface area contributed by atoms with Crippen LogP contribution in [0.2, 0.25) is 0 Å². The van der Waals surface area contributed by atoms with Crippen molar-refractivity contribution in [1.29, 1.82) is 0 Å². The second-order valence-electron chi connectivity index (χ2n) is 8.23. The van der Waals surface area contributed by atoms with E-state index in [2.05, 4.69) is 45.9 Å². The van der Waals surface area contributed by atoms with Crippen LogP contribution in [0.1, 0.15) is 42.8 Å². The summed E-state index contributed by atoms with van der Waals surface area (Å²) >= 11 is 1.71. The molecular weight excluding hydrogens is 382 g/mol. The summed E-state index contributed by atoms with van der Waals surface area (Å²) in [6.45, 7) is 8.24. The Balaban J connectivity index is 1.75. The van der Waals surface area contributed by atoms with Crippen LogP contribution in [0.4, 0.5) is 5.95 Å².